The zero-order valence-electron chi connectivity index (χ0n) is 18.9. The van der Waals surface area contributed by atoms with E-state index >= 15 is 0 Å². The number of rotatable bonds is 8. The van der Waals surface area contributed by atoms with Crippen molar-refractivity contribution in [2.24, 2.45) is 0 Å². The van der Waals surface area contributed by atoms with E-state index in [9.17, 15) is 40.2 Å². The van der Waals surface area contributed by atoms with Gasteiger partial charge in [-0.2, -0.15) is 0 Å². The molecule has 2 aliphatic rings. The van der Waals surface area contributed by atoms with Crippen LogP contribution >= 0.6 is 0 Å². The van der Waals surface area contributed by atoms with Crippen molar-refractivity contribution in [1.82, 2.24) is 0 Å². The summed E-state index contributed by atoms with van der Waals surface area (Å²) in [4.78, 5) is 24.2. The van der Waals surface area contributed by atoms with E-state index < -0.39 is 55.4 Å². The SMILES string of the molecule is CC1=C(C(=O)O)/C(=C\CO[C@@H]2O[C@H](CO)[C@@H](O)[C@H](O)[C@H]2O)[C@@H](OC(=O)/C=C/c2ccc(O)cc2)C1. The maximum atomic E-state index is 12.4. The zero-order valence-corrected chi connectivity index (χ0v) is 18.9. The van der Waals surface area contributed by atoms with E-state index in [1.54, 1.807) is 19.1 Å². The quantitative estimate of drug-likeness (QED) is 0.210. The molecule has 6 atom stereocenters. The molecule has 0 amide bonds. The first-order valence-electron chi connectivity index (χ1n) is 10.9. The summed E-state index contributed by atoms with van der Waals surface area (Å²) in [6.45, 7) is 0.710. The van der Waals surface area contributed by atoms with Crippen LogP contribution < -0.4 is 0 Å². The Bertz CT molecular complexity index is 1010. The fraction of sp³-hybridized carbons (Fsp3) is 0.417. The Balaban J connectivity index is 1.69. The molecule has 0 radical (unpaired) electrons. The third-order valence-electron chi connectivity index (χ3n) is 5.74. The van der Waals surface area contributed by atoms with Gasteiger partial charge < -0.3 is 44.8 Å². The van der Waals surface area contributed by atoms with Gasteiger partial charge >= 0.3 is 11.9 Å². The molecule has 0 spiro atoms. The fourth-order valence-electron chi connectivity index (χ4n) is 3.91. The number of hydrogen-bond donors (Lipinski definition) is 6. The summed E-state index contributed by atoms with van der Waals surface area (Å²) in [6.07, 6.45) is -3.99. The number of aliphatic carboxylic acids is 1. The highest BCUT2D eigenvalue weighted by Gasteiger charge is 2.44. The van der Waals surface area contributed by atoms with Gasteiger partial charge in [0.1, 0.15) is 36.3 Å². The lowest BCUT2D eigenvalue weighted by Gasteiger charge is -2.39. The van der Waals surface area contributed by atoms with Crippen LogP contribution in [0.5, 0.6) is 5.75 Å². The smallest absolute Gasteiger partial charge is 0.336 e. The summed E-state index contributed by atoms with van der Waals surface area (Å²) in [5.41, 5.74) is 1.32. The normalized spacial score (nSPS) is 30.3. The zero-order chi connectivity index (χ0) is 25.7. The van der Waals surface area contributed by atoms with Crippen molar-refractivity contribution in [3.63, 3.8) is 0 Å². The van der Waals surface area contributed by atoms with Gasteiger partial charge in [-0.05, 0) is 30.7 Å². The average Bonchev–Trinajstić information content (AvgIpc) is 3.13. The minimum atomic E-state index is -1.61. The molecule has 1 saturated heterocycles. The lowest BCUT2D eigenvalue weighted by Crippen LogP contribution is -2.59. The monoisotopic (exact) mass is 492 g/mol. The summed E-state index contributed by atoms with van der Waals surface area (Å²) >= 11 is 0. The number of ether oxygens (including phenoxy) is 3. The second-order valence-electron chi connectivity index (χ2n) is 8.21. The Kier molecular flexibility index (Phi) is 8.78. The van der Waals surface area contributed by atoms with E-state index in [-0.39, 0.29) is 29.9 Å². The summed E-state index contributed by atoms with van der Waals surface area (Å²) in [7, 11) is 0. The van der Waals surface area contributed by atoms with Gasteiger partial charge in [0.2, 0.25) is 0 Å². The van der Waals surface area contributed by atoms with Crippen LogP contribution in [0.3, 0.4) is 0 Å². The third kappa shape index (κ3) is 6.34. The predicted molar refractivity (Wildman–Crippen MR) is 120 cm³/mol. The molecule has 1 aliphatic heterocycles. The topological polar surface area (TPSA) is 183 Å². The second-order valence-corrected chi connectivity index (χ2v) is 8.21. The largest absolute Gasteiger partial charge is 0.508 e. The molecule has 1 aliphatic carbocycles. The van der Waals surface area contributed by atoms with Gasteiger partial charge in [-0.1, -0.05) is 23.8 Å². The number of phenolic OH excluding ortho intramolecular Hbond substituents is 1. The average molecular weight is 492 g/mol. The molecule has 0 unspecified atom stereocenters. The highest BCUT2D eigenvalue weighted by Crippen LogP contribution is 2.34. The van der Waals surface area contributed by atoms with Crippen LogP contribution in [-0.4, -0.2) is 92.6 Å². The van der Waals surface area contributed by atoms with Crippen molar-refractivity contribution in [3.05, 3.63) is 58.7 Å². The van der Waals surface area contributed by atoms with Crippen molar-refractivity contribution in [1.29, 1.82) is 0 Å². The number of hydrogen-bond acceptors (Lipinski definition) is 10. The number of carbonyl (C=O) groups excluding carboxylic acids is 1. The number of aromatic hydroxyl groups is 1. The molecule has 35 heavy (non-hydrogen) atoms. The van der Waals surface area contributed by atoms with E-state index in [2.05, 4.69) is 0 Å². The summed E-state index contributed by atoms with van der Waals surface area (Å²) in [6, 6.07) is 6.13. The van der Waals surface area contributed by atoms with Crippen LogP contribution in [0.4, 0.5) is 0 Å². The number of carboxylic acids is 1. The highest BCUT2D eigenvalue weighted by atomic mass is 16.7. The number of benzene rings is 1. The Labute approximate surface area is 200 Å². The Morgan fingerprint density at radius 2 is 1.80 bits per heavy atom. The predicted octanol–water partition coefficient (Wildman–Crippen LogP) is -0.135. The first-order chi connectivity index (χ1) is 16.6. The molecule has 1 aromatic rings. The second kappa shape index (κ2) is 11.6. The third-order valence-corrected chi connectivity index (χ3v) is 5.74. The van der Waals surface area contributed by atoms with E-state index in [0.29, 0.717) is 11.1 Å². The van der Waals surface area contributed by atoms with Gasteiger partial charge in [-0.15, -0.1) is 0 Å². The van der Waals surface area contributed by atoms with Crippen LogP contribution in [0.15, 0.2) is 53.1 Å². The Morgan fingerprint density at radius 1 is 1.11 bits per heavy atom. The number of carbonyl (C=O) groups is 2. The molecule has 1 aromatic carbocycles. The molecule has 6 N–H and O–H groups in total. The standard InChI is InChI=1S/C24H28O11/c1-12-10-16(34-18(27)7-4-13-2-5-14(26)6-3-13)15(19(12)23(31)32)8-9-33-24-22(30)21(29)20(28)17(11-25)35-24/h2-8,16-17,20-22,24-26,28-30H,9-11H2,1H3,(H,31,32)/b7-4+,15-8-/t16-,17+,20+,21-,22+,24+/m0/s1. The first-order valence-corrected chi connectivity index (χ1v) is 10.9. The first kappa shape index (κ1) is 26.5. The van der Waals surface area contributed by atoms with Crippen LogP contribution in [0, 0.1) is 0 Å². The van der Waals surface area contributed by atoms with Gasteiger partial charge in [-0.25, -0.2) is 9.59 Å². The fourth-order valence-corrected chi connectivity index (χ4v) is 3.91. The van der Waals surface area contributed by atoms with Gasteiger partial charge in [0.25, 0.3) is 0 Å². The highest BCUT2D eigenvalue weighted by molar-refractivity contribution is 5.95. The van der Waals surface area contributed by atoms with Gasteiger partial charge in [0, 0.05) is 18.1 Å². The molecule has 1 heterocycles. The molecule has 11 heteroatoms. The molecule has 1 fully saturated rings. The van der Waals surface area contributed by atoms with E-state index in [0.717, 1.165) is 0 Å². The molecule has 0 aromatic heterocycles. The summed E-state index contributed by atoms with van der Waals surface area (Å²) < 4.78 is 16.1. The minimum absolute atomic E-state index is 0.0253. The van der Waals surface area contributed by atoms with Crippen LogP contribution in [0.2, 0.25) is 0 Å². The molecule has 0 bridgehead atoms. The van der Waals surface area contributed by atoms with E-state index in [4.69, 9.17) is 14.2 Å². The molecule has 0 saturated carbocycles. The number of phenols is 1. The summed E-state index contributed by atoms with van der Waals surface area (Å²) in [5, 5.41) is 58.0. The van der Waals surface area contributed by atoms with Crippen molar-refractivity contribution in [3.8, 4) is 5.75 Å². The molecular weight excluding hydrogens is 464 g/mol. The van der Waals surface area contributed by atoms with E-state index in [1.165, 1.54) is 30.4 Å². The number of esters is 1. The van der Waals surface area contributed by atoms with Crippen molar-refractivity contribution in [2.75, 3.05) is 13.2 Å². The minimum Gasteiger partial charge on any atom is -0.508 e. The molecular formula is C24H28O11. The molecule has 11 nitrogen and oxygen atoms in total. The summed E-state index contributed by atoms with van der Waals surface area (Å²) in [5.74, 6) is -1.83. The van der Waals surface area contributed by atoms with Crippen molar-refractivity contribution < 1.29 is 54.4 Å². The lowest BCUT2D eigenvalue weighted by atomic mass is 9.99. The van der Waals surface area contributed by atoms with Crippen LogP contribution in [-0.2, 0) is 23.8 Å². The van der Waals surface area contributed by atoms with Crippen LogP contribution in [0.25, 0.3) is 6.08 Å². The maximum Gasteiger partial charge on any atom is 0.336 e. The maximum absolute atomic E-state index is 12.4. The molecule has 3 rings (SSSR count). The number of carboxylic acid groups (broad SMARTS) is 1. The van der Waals surface area contributed by atoms with E-state index in [1.807, 2.05) is 0 Å². The van der Waals surface area contributed by atoms with Gasteiger partial charge in [-0.3, -0.25) is 0 Å². The van der Waals surface area contributed by atoms with Gasteiger partial charge in [0.05, 0.1) is 18.8 Å². The molecule has 190 valence electrons. The Hall–Kier alpha value is -3.06. The lowest BCUT2D eigenvalue weighted by molar-refractivity contribution is -0.298. The van der Waals surface area contributed by atoms with Crippen molar-refractivity contribution in [2.45, 2.75) is 50.2 Å². The Morgan fingerprint density at radius 3 is 2.43 bits per heavy atom. The number of aliphatic hydroxyl groups is 4. The number of aliphatic hydroxyl groups excluding tert-OH is 4. The van der Waals surface area contributed by atoms with Crippen LogP contribution in [0.1, 0.15) is 18.9 Å². The van der Waals surface area contributed by atoms with Crippen molar-refractivity contribution >= 4 is 18.0 Å². The van der Waals surface area contributed by atoms with Gasteiger partial charge in [0.15, 0.2) is 6.29 Å².